The SMILES string of the molecule is Cc1cccc(Cc2cnc(NC(=O)c3nnn(-c4ccc(C)c(C)c4)c3C)s2)c1. The molecule has 0 aliphatic carbocycles. The first-order chi connectivity index (χ1) is 14.4. The molecule has 0 aliphatic rings. The Labute approximate surface area is 179 Å². The zero-order valence-corrected chi connectivity index (χ0v) is 18.2. The average Bonchev–Trinajstić information content (AvgIpc) is 3.30. The molecule has 2 aromatic heterocycles. The lowest BCUT2D eigenvalue weighted by Gasteiger charge is -2.06. The van der Waals surface area contributed by atoms with Gasteiger partial charge in [-0.05, 0) is 56.5 Å². The number of benzene rings is 2. The summed E-state index contributed by atoms with van der Waals surface area (Å²) in [5, 5.41) is 11.7. The molecule has 0 aliphatic heterocycles. The molecule has 6 nitrogen and oxygen atoms in total. The van der Waals surface area contributed by atoms with Crippen molar-refractivity contribution >= 4 is 22.4 Å². The van der Waals surface area contributed by atoms with Crippen LogP contribution in [0, 0.1) is 27.7 Å². The molecule has 30 heavy (non-hydrogen) atoms. The minimum absolute atomic E-state index is 0.295. The summed E-state index contributed by atoms with van der Waals surface area (Å²) in [4.78, 5) is 18.2. The number of anilines is 1. The summed E-state index contributed by atoms with van der Waals surface area (Å²) < 4.78 is 1.69. The zero-order chi connectivity index (χ0) is 21.3. The lowest BCUT2D eigenvalue weighted by atomic mass is 10.1. The molecule has 1 N–H and O–H groups in total. The molecule has 0 unspecified atom stereocenters. The highest BCUT2D eigenvalue weighted by Crippen LogP contribution is 2.23. The summed E-state index contributed by atoms with van der Waals surface area (Å²) in [5.41, 5.74) is 6.70. The maximum absolute atomic E-state index is 12.8. The molecular weight excluding hydrogens is 394 g/mol. The summed E-state index contributed by atoms with van der Waals surface area (Å²) in [6.07, 6.45) is 2.60. The number of aryl methyl sites for hydroxylation is 3. The Bertz CT molecular complexity index is 1220. The summed E-state index contributed by atoms with van der Waals surface area (Å²) in [6.45, 7) is 8.04. The average molecular weight is 418 g/mol. The third-order valence-corrected chi connectivity index (χ3v) is 5.99. The van der Waals surface area contributed by atoms with Gasteiger partial charge in [0.05, 0.1) is 11.4 Å². The lowest BCUT2D eigenvalue weighted by Crippen LogP contribution is -2.14. The molecular formula is C23H23N5OS. The minimum atomic E-state index is -0.306. The predicted molar refractivity (Wildman–Crippen MR) is 120 cm³/mol. The van der Waals surface area contributed by atoms with Gasteiger partial charge in [0.25, 0.3) is 5.91 Å². The lowest BCUT2D eigenvalue weighted by molar-refractivity contribution is 0.102. The van der Waals surface area contributed by atoms with Gasteiger partial charge in [0, 0.05) is 17.5 Å². The molecule has 0 radical (unpaired) electrons. The van der Waals surface area contributed by atoms with E-state index in [4.69, 9.17) is 0 Å². The fourth-order valence-electron chi connectivity index (χ4n) is 3.27. The van der Waals surface area contributed by atoms with Crippen molar-refractivity contribution in [2.75, 3.05) is 5.32 Å². The van der Waals surface area contributed by atoms with E-state index in [1.54, 1.807) is 10.9 Å². The van der Waals surface area contributed by atoms with Gasteiger partial charge in [-0.25, -0.2) is 9.67 Å². The second-order valence-corrected chi connectivity index (χ2v) is 8.57. The van der Waals surface area contributed by atoms with Gasteiger partial charge in [0.2, 0.25) is 0 Å². The van der Waals surface area contributed by atoms with Gasteiger partial charge in [-0.3, -0.25) is 10.1 Å². The Morgan fingerprint density at radius 3 is 2.67 bits per heavy atom. The predicted octanol–water partition coefficient (Wildman–Crippen LogP) is 4.80. The van der Waals surface area contributed by atoms with Crippen LogP contribution in [-0.4, -0.2) is 25.9 Å². The van der Waals surface area contributed by atoms with E-state index in [2.05, 4.69) is 65.6 Å². The highest BCUT2D eigenvalue weighted by molar-refractivity contribution is 7.15. The van der Waals surface area contributed by atoms with Crippen molar-refractivity contribution in [2.45, 2.75) is 34.1 Å². The second kappa shape index (κ2) is 8.20. The number of hydrogen-bond acceptors (Lipinski definition) is 5. The van der Waals surface area contributed by atoms with Crippen molar-refractivity contribution in [3.05, 3.63) is 87.2 Å². The van der Waals surface area contributed by atoms with Crippen LogP contribution in [0.4, 0.5) is 5.13 Å². The molecule has 2 aromatic carbocycles. The summed E-state index contributed by atoms with van der Waals surface area (Å²) in [6, 6.07) is 14.4. The van der Waals surface area contributed by atoms with Gasteiger partial charge in [0.15, 0.2) is 10.8 Å². The van der Waals surface area contributed by atoms with Crippen LogP contribution in [0.2, 0.25) is 0 Å². The van der Waals surface area contributed by atoms with E-state index in [1.807, 2.05) is 25.1 Å². The Morgan fingerprint density at radius 2 is 1.90 bits per heavy atom. The van der Waals surface area contributed by atoms with E-state index in [0.717, 1.165) is 22.5 Å². The second-order valence-electron chi connectivity index (χ2n) is 7.46. The highest BCUT2D eigenvalue weighted by atomic mass is 32.1. The molecule has 0 fully saturated rings. The smallest absolute Gasteiger partial charge is 0.279 e. The molecule has 7 heteroatoms. The minimum Gasteiger partial charge on any atom is -0.296 e. The number of carbonyl (C=O) groups is 1. The van der Waals surface area contributed by atoms with Crippen molar-refractivity contribution in [3.63, 3.8) is 0 Å². The third-order valence-electron chi connectivity index (χ3n) is 5.08. The molecule has 0 spiro atoms. The molecule has 0 saturated heterocycles. The first kappa shape index (κ1) is 20.0. The summed E-state index contributed by atoms with van der Waals surface area (Å²) >= 11 is 1.47. The maximum Gasteiger partial charge on any atom is 0.279 e. The van der Waals surface area contributed by atoms with E-state index in [1.165, 1.54) is 28.0 Å². The van der Waals surface area contributed by atoms with E-state index in [9.17, 15) is 4.79 Å². The van der Waals surface area contributed by atoms with Crippen LogP contribution < -0.4 is 5.32 Å². The quantitative estimate of drug-likeness (QED) is 0.506. The number of nitrogens with zero attached hydrogens (tertiary/aromatic N) is 4. The van der Waals surface area contributed by atoms with Crippen LogP contribution >= 0.6 is 11.3 Å². The van der Waals surface area contributed by atoms with Crippen LogP contribution in [0.25, 0.3) is 5.69 Å². The molecule has 1 amide bonds. The van der Waals surface area contributed by atoms with Crippen molar-refractivity contribution in [2.24, 2.45) is 0 Å². The molecule has 152 valence electrons. The Kier molecular flexibility index (Phi) is 5.46. The Balaban J connectivity index is 1.49. The number of nitrogens with one attached hydrogen (secondary N) is 1. The van der Waals surface area contributed by atoms with Crippen molar-refractivity contribution in [3.8, 4) is 5.69 Å². The number of thiazole rings is 1. The number of aromatic nitrogens is 4. The maximum atomic E-state index is 12.8. The van der Waals surface area contributed by atoms with Crippen LogP contribution in [-0.2, 0) is 6.42 Å². The third kappa shape index (κ3) is 4.16. The fraction of sp³-hybridized carbons (Fsp3) is 0.217. The first-order valence-electron chi connectivity index (χ1n) is 9.72. The molecule has 2 heterocycles. The molecule has 0 atom stereocenters. The van der Waals surface area contributed by atoms with Crippen LogP contribution in [0.1, 0.15) is 43.3 Å². The molecule has 0 saturated carbocycles. The van der Waals surface area contributed by atoms with Crippen molar-refractivity contribution in [1.29, 1.82) is 0 Å². The topological polar surface area (TPSA) is 72.7 Å². The first-order valence-corrected chi connectivity index (χ1v) is 10.5. The number of hydrogen-bond donors (Lipinski definition) is 1. The van der Waals surface area contributed by atoms with Gasteiger partial charge in [0.1, 0.15) is 0 Å². The van der Waals surface area contributed by atoms with Crippen LogP contribution in [0.15, 0.2) is 48.7 Å². The highest BCUT2D eigenvalue weighted by Gasteiger charge is 2.19. The largest absolute Gasteiger partial charge is 0.296 e. The monoisotopic (exact) mass is 417 g/mol. The Morgan fingerprint density at radius 1 is 1.07 bits per heavy atom. The van der Waals surface area contributed by atoms with Gasteiger partial charge in [-0.1, -0.05) is 41.1 Å². The standard InChI is InChI=1S/C23H23N5OS/c1-14-6-5-7-18(10-14)12-20-13-24-23(30-20)25-22(29)21-17(4)28(27-26-21)19-9-8-15(2)16(3)11-19/h5-11,13H,12H2,1-4H3,(H,24,25,29). The zero-order valence-electron chi connectivity index (χ0n) is 17.4. The van der Waals surface area contributed by atoms with Gasteiger partial charge >= 0.3 is 0 Å². The summed E-state index contributed by atoms with van der Waals surface area (Å²) in [7, 11) is 0. The normalized spacial score (nSPS) is 10.9. The van der Waals surface area contributed by atoms with Crippen LogP contribution in [0.3, 0.4) is 0 Å². The van der Waals surface area contributed by atoms with Gasteiger partial charge in [-0.2, -0.15) is 0 Å². The van der Waals surface area contributed by atoms with Crippen LogP contribution in [0.5, 0.6) is 0 Å². The number of rotatable bonds is 5. The number of amides is 1. The van der Waals surface area contributed by atoms with E-state index < -0.39 is 0 Å². The van der Waals surface area contributed by atoms with E-state index in [-0.39, 0.29) is 5.91 Å². The van der Waals surface area contributed by atoms with Gasteiger partial charge < -0.3 is 0 Å². The van der Waals surface area contributed by atoms with E-state index in [0.29, 0.717) is 16.5 Å². The van der Waals surface area contributed by atoms with Gasteiger partial charge in [-0.15, -0.1) is 16.4 Å². The van der Waals surface area contributed by atoms with Crippen molar-refractivity contribution < 1.29 is 4.79 Å². The molecule has 4 aromatic rings. The fourth-order valence-corrected chi connectivity index (χ4v) is 4.11. The summed E-state index contributed by atoms with van der Waals surface area (Å²) in [5.74, 6) is -0.306. The van der Waals surface area contributed by atoms with Crippen molar-refractivity contribution in [1.82, 2.24) is 20.0 Å². The number of carbonyl (C=O) groups excluding carboxylic acids is 1. The molecule has 0 bridgehead atoms. The Hall–Kier alpha value is -3.32. The molecule has 4 rings (SSSR count). The van der Waals surface area contributed by atoms with E-state index >= 15 is 0 Å².